The summed E-state index contributed by atoms with van der Waals surface area (Å²) in [7, 11) is 5.63. The Bertz CT molecular complexity index is 420. The Morgan fingerprint density at radius 2 is 2.07 bits per heavy atom. The van der Waals surface area contributed by atoms with Crippen molar-refractivity contribution >= 4 is 54.1 Å². The molecule has 0 bridgehead atoms. The van der Waals surface area contributed by atoms with Crippen molar-refractivity contribution in [1.82, 2.24) is 0 Å². The van der Waals surface area contributed by atoms with Crippen molar-refractivity contribution in [3.8, 4) is 0 Å². The van der Waals surface area contributed by atoms with Gasteiger partial charge in [-0.2, -0.15) is 0 Å². The normalized spacial score (nSPS) is 15.4. The number of thioether (sulfide) groups is 1. The van der Waals surface area contributed by atoms with Crippen LogP contribution in [0.3, 0.4) is 0 Å². The molecule has 1 aliphatic heterocycles. The molecule has 1 nitrogen and oxygen atoms in total. The van der Waals surface area contributed by atoms with Crippen LogP contribution in [0.15, 0.2) is 11.0 Å². The van der Waals surface area contributed by atoms with Crippen LogP contribution in [0.4, 0.5) is 0 Å². The smallest absolute Gasteiger partial charge is 0.164 e. The van der Waals surface area contributed by atoms with Crippen LogP contribution in [0.2, 0.25) is 10.0 Å². The van der Waals surface area contributed by atoms with E-state index in [-0.39, 0.29) is 5.78 Å². The highest BCUT2D eigenvalue weighted by Gasteiger charge is 2.22. The number of carbonyl (C=O) groups excluding carboxylic acids is 1. The molecule has 0 spiro atoms. The summed E-state index contributed by atoms with van der Waals surface area (Å²) in [6.45, 7) is 0. The molecule has 0 fully saturated rings. The Morgan fingerprint density at radius 3 is 2.79 bits per heavy atom. The highest BCUT2D eigenvalue weighted by molar-refractivity contribution is 7.99. The fourth-order valence-electron chi connectivity index (χ4n) is 1.36. The molecule has 0 N–H and O–H groups in total. The Balaban J connectivity index is 2.69. The Hall–Kier alpha value is -0.115. The van der Waals surface area contributed by atoms with Gasteiger partial charge in [-0.3, -0.25) is 4.79 Å². The Morgan fingerprint density at radius 1 is 1.36 bits per heavy atom. The summed E-state index contributed by atoms with van der Waals surface area (Å²) in [5, 5.41) is 0.743. The highest BCUT2D eigenvalue weighted by Crippen LogP contribution is 2.38. The first-order chi connectivity index (χ1) is 6.61. The average Bonchev–Trinajstić information content (AvgIpc) is 2.17. The van der Waals surface area contributed by atoms with Crippen LogP contribution in [-0.4, -0.2) is 19.4 Å². The second kappa shape index (κ2) is 3.80. The van der Waals surface area contributed by atoms with Gasteiger partial charge >= 0.3 is 0 Å². The van der Waals surface area contributed by atoms with E-state index in [0.29, 0.717) is 27.5 Å². The average molecular weight is 243 g/mol. The predicted molar refractivity (Wildman–Crippen MR) is 61.5 cm³/mol. The molecule has 1 aromatic carbocycles. The standard InChI is InChI=1S/C9H5BCl2OS/c10-5-3-4-6(13)1-2-14-9(4)8(12)7(5)11/h3H,1-2H2. The molecule has 0 atom stereocenters. The third-order valence-corrected chi connectivity index (χ3v) is 4.18. The van der Waals surface area contributed by atoms with E-state index in [1.165, 1.54) is 0 Å². The molecule has 0 saturated carbocycles. The maximum Gasteiger partial charge on any atom is 0.164 e. The third kappa shape index (κ3) is 1.58. The number of fused-ring (bicyclic) bond motifs is 1. The second-order valence-electron chi connectivity index (χ2n) is 2.99. The van der Waals surface area contributed by atoms with Crippen LogP contribution < -0.4 is 5.46 Å². The van der Waals surface area contributed by atoms with E-state index in [9.17, 15) is 4.79 Å². The van der Waals surface area contributed by atoms with Crippen LogP contribution in [0.5, 0.6) is 0 Å². The zero-order chi connectivity index (χ0) is 10.3. The lowest BCUT2D eigenvalue weighted by atomic mass is 9.92. The maximum atomic E-state index is 11.5. The molecule has 0 aromatic heterocycles. The lowest BCUT2D eigenvalue weighted by molar-refractivity contribution is 0.0985. The lowest BCUT2D eigenvalue weighted by Gasteiger charge is -2.17. The summed E-state index contributed by atoms with van der Waals surface area (Å²) < 4.78 is 0. The fourth-order valence-corrected chi connectivity index (χ4v) is 2.99. The largest absolute Gasteiger partial charge is 0.294 e. The van der Waals surface area contributed by atoms with Crippen molar-refractivity contribution in [2.45, 2.75) is 11.3 Å². The molecule has 2 rings (SSSR count). The van der Waals surface area contributed by atoms with Gasteiger partial charge in [-0.15, -0.1) is 11.8 Å². The molecule has 1 aromatic rings. The van der Waals surface area contributed by atoms with Crippen molar-refractivity contribution < 1.29 is 4.79 Å². The summed E-state index contributed by atoms with van der Waals surface area (Å²) in [6.07, 6.45) is 0.537. The number of Topliss-reactive ketones (excluding diaryl/α,β-unsaturated/α-hetero) is 1. The van der Waals surface area contributed by atoms with Crippen molar-refractivity contribution in [2.75, 3.05) is 5.75 Å². The monoisotopic (exact) mass is 242 g/mol. The topological polar surface area (TPSA) is 17.1 Å². The predicted octanol–water partition coefficient (Wildman–Crippen LogP) is 2.47. The quantitative estimate of drug-likeness (QED) is 0.651. The van der Waals surface area contributed by atoms with Gasteiger partial charge in [0.15, 0.2) is 5.78 Å². The minimum absolute atomic E-state index is 0.0871. The number of halogens is 2. The molecular weight excluding hydrogens is 238 g/mol. The summed E-state index contributed by atoms with van der Waals surface area (Å²) in [5.74, 6) is 0.843. The molecule has 0 aliphatic carbocycles. The van der Waals surface area contributed by atoms with E-state index >= 15 is 0 Å². The summed E-state index contributed by atoms with van der Waals surface area (Å²) in [5.41, 5.74) is 0.972. The van der Waals surface area contributed by atoms with Gasteiger partial charge < -0.3 is 0 Å². The Labute approximate surface area is 97.6 Å². The Kier molecular flexibility index (Phi) is 2.82. The second-order valence-corrected chi connectivity index (χ2v) is 4.85. The molecule has 14 heavy (non-hydrogen) atoms. The molecule has 5 heteroatoms. The van der Waals surface area contributed by atoms with Gasteiger partial charge in [0.05, 0.1) is 10.0 Å². The van der Waals surface area contributed by atoms with Gasteiger partial charge in [0.25, 0.3) is 0 Å². The first-order valence-corrected chi connectivity index (χ1v) is 5.79. The van der Waals surface area contributed by atoms with Gasteiger partial charge in [0, 0.05) is 22.6 Å². The van der Waals surface area contributed by atoms with Gasteiger partial charge in [-0.05, 0) is 0 Å². The van der Waals surface area contributed by atoms with E-state index in [0.717, 1.165) is 10.6 Å². The van der Waals surface area contributed by atoms with Gasteiger partial charge in [0.1, 0.15) is 7.85 Å². The minimum atomic E-state index is 0.0871. The molecule has 1 heterocycles. The number of benzene rings is 1. The zero-order valence-electron chi connectivity index (χ0n) is 7.14. The van der Waals surface area contributed by atoms with E-state index < -0.39 is 0 Å². The number of rotatable bonds is 0. The van der Waals surface area contributed by atoms with E-state index in [2.05, 4.69) is 0 Å². The van der Waals surface area contributed by atoms with Crippen LogP contribution in [0, 0.1) is 0 Å². The third-order valence-electron chi connectivity index (χ3n) is 2.07. The number of hydrogen-bond donors (Lipinski definition) is 0. The summed E-state index contributed by atoms with van der Waals surface area (Å²) in [4.78, 5) is 12.3. The molecule has 2 radical (unpaired) electrons. The van der Waals surface area contributed by atoms with E-state index in [1.807, 2.05) is 0 Å². The van der Waals surface area contributed by atoms with Gasteiger partial charge in [0.2, 0.25) is 0 Å². The van der Waals surface area contributed by atoms with Crippen LogP contribution in [0.25, 0.3) is 0 Å². The van der Waals surface area contributed by atoms with E-state index in [4.69, 9.17) is 31.0 Å². The number of carbonyl (C=O) groups is 1. The molecule has 1 aliphatic rings. The van der Waals surface area contributed by atoms with Crippen molar-refractivity contribution in [1.29, 1.82) is 0 Å². The first-order valence-electron chi connectivity index (χ1n) is 4.04. The molecular formula is C9H5BCl2OS. The summed E-state index contributed by atoms with van der Waals surface area (Å²) in [6, 6.07) is 1.61. The number of hydrogen-bond acceptors (Lipinski definition) is 2. The first kappa shape index (κ1) is 10.4. The van der Waals surface area contributed by atoms with E-state index in [1.54, 1.807) is 17.8 Å². The zero-order valence-corrected chi connectivity index (χ0v) is 9.47. The minimum Gasteiger partial charge on any atom is -0.294 e. The van der Waals surface area contributed by atoms with Crippen molar-refractivity contribution in [3.05, 3.63) is 21.7 Å². The molecule has 0 unspecified atom stereocenters. The molecule has 0 amide bonds. The van der Waals surface area contributed by atoms with Crippen LogP contribution in [-0.2, 0) is 0 Å². The van der Waals surface area contributed by atoms with Crippen molar-refractivity contribution in [3.63, 3.8) is 0 Å². The van der Waals surface area contributed by atoms with Gasteiger partial charge in [-0.1, -0.05) is 34.7 Å². The highest BCUT2D eigenvalue weighted by atomic mass is 35.5. The van der Waals surface area contributed by atoms with Crippen LogP contribution >= 0.6 is 35.0 Å². The SMILES string of the molecule is [B]c1cc2c(c(Cl)c1Cl)SCCC2=O. The molecule has 0 saturated heterocycles. The fraction of sp³-hybridized carbons (Fsp3) is 0.222. The number of ketones is 1. The van der Waals surface area contributed by atoms with Crippen LogP contribution in [0.1, 0.15) is 16.8 Å². The molecule has 70 valence electrons. The van der Waals surface area contributed by atoms with Gasteiger partial charge in [-0.25, -0.2) is 0 Å². The van der Waals surface area contributed by atoms with Crippen molar-refractivity contribution in [2.24, 2.45) is 0 Å². The lowest BCUT2D eigenvalue weighted by Crippen LogP contribution is -2.15. The summed E-state index contributed by atoms with van der Waals surface area (Å²) >= 11 is 13.4. The maximum absolute atomic E-state index is 11.5.